The van der Waals surface area contributed by atoms with E-state index in [4.69, 9.17) is 56.4 Å². The smallest absolute Gasteiger partial charge is 0.220 e. The van der Waals surface area contributed by atoms with Crippen LogP contribution in [0.2, 0.25) is 20.4 Å². The van der Waals surface area contributed by atoms with Crippen molar-refractivity contribution in [3.05, 3.63) is 105 Å². The maximum Gasteiger partial charge on any atom is 0.220 e. The lowest BCUT2D eigenvalue weighted by atomic mass is 9.96. The lowest BCUT2D eigenvalue weighted by Gasteiger charge is -2.14. The number of nitrogens with zero attached hydrogens (tertiary/aromatic N) is 4. The quantitative estimate of drug-likeness (QED) is 0.110. The van der Waals surface area contributed by atoms with Gasteiger partial charge in [0.15, 0.2) is 0 Å². The summed E-state index contributed by atoms with van der Waals surface area (Å²) in [5.74, 6) is 0.183. The van der Waals surface area contributed by atoms with Crippen molar-refractivity contribution in [1.82, 2.24) is 40.0 Å². The summed E-state index contributed by atoms with van der Waals surface area (Å²) in [6.07, 6.45) is 6.56. The molecule has 2 aliphatic heterocycles. The number of carbonyl (C=O) groups is 2. The predicted octanol–water partition coefficient (Wildman–Crippen LogP) is 7.33. The summed E-state index contributed by atoms with van der Waals surface area (Å²) in [4.78, 5) is 32.6. The van der Waals surface area contributed by atoms with Crippen LogP contribution in [0.3, 0.4) is 0 Å². The molecule has 14 heteroatoms. The predicted molar refractivity (Wildman–Crippen MR) is 206 cm³/mol. The van der Waals surface area contributed by atoms with E-state index in [1.54, 1.807) is 0 Å². The van der Waals surface area contributed by atoms with Crippen molar-refractivity contribution in [2.45, 2.75) is 50.9 Å². The Bertz CT molecular complexity index is 2190. The lowest BCUT2D eigenvalue weighted by molar-refractivity contribution is -0.120. The molecule has 2 fully saturated rings. The van der Waals surface area contributed by atoms with Gasteiger partial charge in [0.05, 0.1) is 21.4 Å². The fourth-order valence-corrected chi connectivity index (χ4v) is 8.18. The van der Waals surface area contributed by atoms with Gasteiger partial charge in [0, 0.05) is 85.8 Å². The number of hydrogen-bond acceptors (Lipinski definition) is 6. The number of halogens is 4. The van der Waals surface area contributed by atoms with E-state index in [2.05, 4.69) is 21.3 Å². The number of benzene rings is 2. The number of pyridine rings is 2. The van der Waals surface area contributed by atoms with E-state index in [0.29, 0.717) is 70.7 Å². The van der Waals surface area contributed by atoms with Gasteiger partial charge >= 0.3 is 0 Å². The molecule has 10 nitrogen and oxygen atoms in total. The topological polar surface area (TPSA) is 117 Å². The molecule has 8 rings (SSSR count). The molecule has 266 valence electrons. The van der Waals surface area contributed by atoms with Crippen molar-refractivity contribution in [2.75, 3.05) is 13.1 Å². The fourth-order valence-electron chi connectivity index (χ4n) is 7.00. The summed E-state index contributed by atoms with van der Waals surface area (Å²) in [7, 11) is 0. The van der Waals surface area contributed by atoms with Crippen LogP contribution in [0.15, 0.2) is 73.1 Å². The average molecular weight is 777 g/mol. The third-order valence-electron chi connectivity index (χ3n) is 9.71. The molecule has 2 aliphatic rings. The Morgan fingerprint density at radius 3 is 1.46 bits per heavy atom. The highest BCUT2D eigenvalue weighted by Crippen LogP contribution is 2.43. The molecule has 52 heavy (non-hydrogen) atoms. The zero-order valence-corrected chi connectivity index (χ0v) is 30.9. The second-order valence-electron chi connectivity index (χ2n) is 13.2. The van der Waals surface area contributed by atoms with Crippen LogP contribution in [0, 0.1) is 0 Å². The minimum Gasteiger partial charge on any atom is -0.352 e. The van der Waals surface area contributed by atoms with Gasteiger partial charge in [0.25, 0.3) is 0 Å². The van der Waals surface area contributed by atoms with E-state index >= 15 is 0 Å². The van der Waals surface area contributed by atoms with Gasteiger partial charge in [0.1, 0.15) is 21.6 Å². The first kappa shape index (κ1) is 34.9. The molecule has 0 aliphatic carbocycles. The normalized spacial score (nSPS) is 17.4. The first-order valence-corrected chi connectivity index (χ1v) is 18.7. The van der Waals surface area contributed by atoms with Crippen LogP contribution in [0.1, 0.15) is 37.1 Å². The molecular formula is C38H34Cl4N8O2. The first-order chi connectivity index (χ1) is 25.2. The van der Waals surface area contributed by atoms with Crippen LogP contribution in [-0.4, -0.2) is 55.8 Å². The zero-order valence-electron chi connectivity index (χ0n) is 27.9. The highest BCUT2D eigenvalue weighted by molar-refractivity contribution is 6.39. The molecule has 0 bridgehead atoms. The Balaban J connectivity index is 1.03. The lowest BCUT2D eigenvalue weighted by Crippen LogP contribution is -2.35. The molecule has 2 atom stereocenters. The van der Waals surface area contributed by atoms with Crippen LogP contribution >= 0.6 is 46.4 Å². The minimum absolute atomic E-state index is 0.0913. The second-order valence-corrected chi connectivity index (χ2v) is 14.7. The van der Waals surface area contributed by atoms with Crippen molar-refractivity contribution >= 4 is 69.5 Å². The summed E-state index contributed by atoms with van der Waals surface area (Å²) in [6.45, 7) is 2.27. The van der Waals surface area contributed by atoms with Gasteiger partial charge in [0.2, 0.25) is 11.8 Å². The van der Waals surface area contributed by atoms with E-state index in [0.717, 1.165) is 57.6 Å². The molecule has 0 spiro atoms. The summed E-state index contributed by atoms with van der Waals surface area (Å²) in [6, 6.07) is 19.9. The van der Waals surface area contributed by atoms with Crippen LogP contribution in [0.4, 0.5) is 0 Å². The van der Waals surface area contributed by atoms with Gasteiger partial charge in [-0.25, -0.2) is 9.97 Å². The Labute approximate surface area is 319 Å². The van der Waals surface area contributed by atoms with Gasteiger partial charge in [-0.3, -0.25) is 18.4 Å². The zero-order chi connectivity index (χ0) is 35.9. The minimum atomic E-state index is 0.0913. The Hall–Kier alpha value is -4.16. The van der Waals surface area contributed by atoms with Gasteiger partial charge in [-0.2, -0.15) is 0 Å². The average Bonchev–Trinajstić information content (AvgIpc) is 3.91. The first-order valence-electron chi connectivity index (χ1n) is 17.1. The molecule has 0 radical (unpaired) electrons. The van der Waals surface area contributed by atoms with Crippen molar-refractivity contribution in [2.24, 2.45) is 0 Å². The molecule has 0 unspecified atom stereocenters. The third kappa shape index (κ3) is 6.87. The van der Waals surface area contributed by atoms with Crippen molar-refractivity contribution in [3.63, 3.8) is 0 Å². The number of hydrogen-bond donors (Lipinski definition) is 4. The highest BCUT2D eigenvalue weighted by Gasteiger charge is 2.22. The standard InChI is InChI=1S/C38H34Cl4N8O2/c39-35-25(21-11-13-49-31(15-21)47-29(37(49)41)19-43-17-23-7-9-33(51)45-23)3-1-5-27(35)28-6-2-4-26(36(28)40)22-12-14-50-32(16-22)48-30(38(50)42)20-44-18-24-8-10-34(52)46-24/h1-6,11-16,23-24,43-44H,7-10,17-20H2,(H,45,51)(H,46,52)/t23-,24-/m0/s1. The number of nitrogens with one attached hydrogen (secondary N) is 4. The van der Waals surface area contributed by atoms with Crippen LogP contribution < -0.4 is 21.3 Å². The van der Waals surface area contributed by atoms with Gasteiger partial charge in [-0.05, 0) is 48.2 Å². The van der Waals surface area contributed by atoms with E-state index in [-0.39, 0.29) is 23.9 Å². The largest absolute Gasteiger partial charge is 0.352 e. The van der Waals surface area contributed by atoms with E-state index in [1.807, 2.05) is 81.9 Å². The molecule has 6 heterocycles. The second kappa shape index (κ2) is 14.7. The Morgan fingerprint density at radius 2 is 1.06 bits per heavy atom. The molecule has 0 saturated carbocycles. The van der Waals surface area contributed by atoms with E-state index in [9.17, 15) is 9.59 Å². The van der Waals surface area contributed by atoms with Gasteiger partial charge in [-0.1, -0.05) is 82.8 Å². The maximum atomic E-state index is 11.5. The van der Waals surface area contributed by atoms with Crippen LogP contribution in [-0.2, 0) is 22.7 Å². The maximum absolute atomic E-state index is 11.5. The molecule has 2 amide bonds. The third-order valence-corrected chi connectivity index (χ3v) is 11.3. The number of rotatable bonds is 11. The molecule has 4 N–H and O–H groups in total. The molecule has 4 aromatic heterocycles. The van der Waals surface area contributed by atoms with Gasteiger partial charge in [-0.15, -0.1) is 0 Å². The summed E-state index contributed by atoms with van der Waals surface area (Å²) < 4.78 is 3.69. The molecule has 2 aromatic carbocycles. The van der Waals surface area contributed by atoms with Crippen molar-refractivity contribution < 1.29 is 9.59 Å². The number of imidazole rings is 2. The van der Waals surface area contributed by atoms with Crippen LogP contribution in [0.5, 0.6) is 0 Å². The number of amides is 2. The molecule has 6 aromatic rings. The Kier molecular flexibility index (Phi) is 9.86. The van der Waals surface area contributed by atoms with E-state index in [1.165, 1.54) is 0 Å². The van der Waals surface area contributed by atoms with Gasteiger partial charge < -0.3 is 21.3 Å². The Morgan fingerprint density at radius 1 is 0.635 bits per heavy atom. The fraction of sp³-hybridized carbons (Fsp3) is 0.263. The van der Waals surface area contributed by atoms with Crippen molar-refractivity contribution in [1.29, 1.82) is 0 Å². The number of aromatic nitrogens is 4. The molecule has 2 saturated heterocycles. The summed E-state index contributed by atoms with van der Waals surface area (Å²) in [5, 5.41) is 14.9. The van der Waals surface area contributed by atoms with Crippen LogP contribution in [0.25, 0.3) is 44.7 Å². The highest BCUT2D eigenvalue weighted by atomic mass is 35.5. The molecular weight excluding hydrogens is 742 g/mol. The van der Waals surface area contributed by atoms with Crippen molar-refractivity contribution in [3.8, 4) is 33.4 Å². The summed E-state index contributed by atoms with van der Waals surface area (Å²) >= 11 is 27.7. The van der Waals surface area contributed by atoms with E-state index < -0.39 is 0 Å². The monoisotopic (exact) mass is 774 g/mol. The summed E-state index contributed by atoms with van der Waals surface area (Å²) in [5.41, 5.74) is 7.91. The number of fused-ring (bicyclic) bond motifs is 2. The SMILES string of the molecule is O=C1CC[C@@H](CNCc2nc3cc(-c4cccc(-c5cccc(-c6ccn7c(Cl)c(CNC[C@@H]8CCC(=O)N8)nc7c6)c5Cl)c4Cl)ccn3c2Cl)N1. The number of carbonyl (C=O) groups excluding carboxylic acids is 2.